The summed E-state index contributed by atoms with van der Waals surface area (Å²) in [6, 6.07) is 16.2. The van der Waals surface area contributed by atoms with Gasteiger partial charge in [0.15, 0.2) is 0 Å². The van der Waals surface area contributed by atoms with E-state index in [1.54, 1.807) is 20.3 Å². The van der Waals surface area contributed by atoms with Gasteiger partial charge in [-0.15, -0.1) is 0 Å². The van der Waals surface area contributed by atoms with Crippen molar-refractivity contribution in [3.63, 3.8) is 0 Å². The summed E-state index contributed by atoms with van der Waals surface area (Å²) in [5.74, 6) is -0.373. The summed E-state index contributed by atoms with van der Waals surface area (Å²) in [7, 11) is 3.27. The van der Waals surface area contributed by atoms with Crippen LogP contribution in [0.3, 0.4) is 0 Å². The molecular weight excluding hydrogens is 408 g/mol. The van der Waals surface area contributed by atoms with Gasteiger partial charge in [-0.2, -0.15) is 0 Å². The summed E-state index contributed by atoms with van der Waals surface area (Å²) < 4.78 is 0. The first kappa shape index (κ1) is 21.0. The van der Waals surface area contributed by atoms with Crippen molar-refractivity contribution in [3.8, 4) is 0 Å². The van der Waals surface area contributed by atoms with Gasteiger partial charge in [-0.1, -0.05) is 36.4 Å². The van der Waals surface area contributed by atoms with Crippen LogP contribution in [0.2, 0.25) is 0 Å². The average molecular weight is 430 g/mol. The van der Waals surface area contributed by atoms with Crippen LogP contribution in [-0.2, 0) is 11.2 Å². The number of carboxylic acids is 1. The molecule has 8 heteroatoms. The molecule has 0 aliphatic rings. The predicted molar refractivity (Wildman–Crippen MR) is 126 cm³/mol. The molecule has 1 heterocycles. The predicted octanol–water partition coefficient (Wildman–Crippen LogP) is 2.75. The van der Waals surface area contributed by atoms with Crippen molar-refractivity contribution < 1.29 is 9.90 Å². The van der Waals surface area contributed by atoms with E-state index < -0.39 is 22.9 Å². The van der Waals surface area contributed by atoms with Gasteiger partial charge in [-0.05, 0) is 29.1 Å². The van der Waals surface area contributed by atoms with Crippen LogP contribution in [0.25, 0.3) is 10.8 Å². The van der Waals surface area contributed by atoms with Crippen LogP contribution >= 0.6 is 0 Å². The Labute approximate surface area is 183 Å². The molecule has 0 amide bonds. The Hall–Kier alpha value is -4.20. The molecule has 8 nitrogen and oxygen atoms in total. The fourth-order valence-electron chi connectivity index (χ4n) is 3.63. The van der Waals surface area contributed by atoms with Crippen molar-refractivity contribution in [1.29, 1.82) is 0 Å². The first-order valence-electron chi connectivity index (χ1n) is 10.0. The minimum Gasteiger partial charge on any atom is -0.480 e. The maximum Gasteiger partial charge on any atom is 0.326 e. The minimum absolute atomic E-state index is 0.0488. The summed E-state index contributed by atoms with van der Waals surface area (Å²) in [6.07, 6.45) is 1.89. The number of rotatable bonds is 8. The lowest BCUT2D eigenvalue weighted by atomic mass is 10.0. The number of anilines is 4. The third-order valence-corrected chi connectivity index (χ3v) is 5.28. The maximum atomic E-state index is 11.9. The van der Waals surface area contributed by atoms with Gasteiger partial charge in [0.25, 0.3) is 10.9 Å². The standard InChI is InChI=1S/C24H22N4O4/c1-28(2)20-19(21(29)22(20)30)27-18(24(31)32)13-14-7-9-16(10-8-14)26-23-17-6-4-3-5-15(17)11-12-25-23/h3-12,18,27H,13H2,1-2H3,(H,25,26)(H,31,32)/t18-/m0/s1. The fraction of sp³-hybridized carbons (Fsp3) is 0.167. The maximum absolute atomic E-state index is 11.9. The fourth-order valence-corrected chi connectivity index (χ4v) is 3.63. The van der Waals surface area contributed by atoms with Gasteiger partial charge in [-0.3, -0.25) is 9.59 Å². The van der Waals surface area contributed by atoms with Gasteiger partial charge < -0.3 is 20.6 Å². The van der Waals surface area contributed by atoms with Gasteiger partial charge in [0.1, 0.15) is 23.2 Å². The Morgan fingerprint density at radius 3 is 2.44 bits per heavy atom. The summed E-state index contributed by atoms with van der Waals surface area (Å²) in [4.78, 5) is 41.3. The second-order valence-corrected chi connectivity index (χ2v) is 7.72. The van der Waals surface area contributed by atoms with Crippen molar-refractivity contribution in [2.45, 2.75) is 12.5 Å². The van der Waals surface area contributed by atoms with Crippen LogP contribution in [0.5, 0.6) is 0 Å². The van der Waals surface area contributed by atoms with Crippen molar-refractivity contribution in [2.24, 2.45) is 0 Å². The van der Waals surface area contributed by atoms with Crippen molar-refractivity contribution in [1.82, 2.24) is 4.98 Å². The highest BCUT2D eigenvalue weighted by Gasteiger charge is 2.27. The molecule has 0 bridgehead atoms. The van der Waals surface area contributed by atoms with E-state index in [9.17, 15) is 19.5 Å². The van der Waals surface area contributed by atoms with E-state index in [4.69, 9.17) is 0 Å². The molecule has 0 saturated heterocycles. The largest absolute Gasteiger partial charge is 0.480 e. The van der Waals surface area contributed by atoms with E-state index in [0.29, 0.717) is 0 Å². The lowest BCUT2D eigenvalue weighted by Gasteiger charge is -2.22. The highest BCUT2D eigenvalue weighted by Crippen LogP contribution is 2.25. The normalized spacial score (nSPS) is 11.9. The summed E-state index contributed by atoms with van der Waals surface area (Å²) in [6.45, 7) is 0. The molecule has 4 rings (SSSR count). The Bertz CT molecular complexity index is 1350. The van der Waals surface area contributed by atoms with E-state index in [1.807, 2.05) is 54.6 Å². The number of pyridine rings is 1. The zero-order chi connectivity index (χ0) is 22.8. The van der Waals surface area contributed by atoms with E-state index in [1.165, 1.54) is 4.90 Å². The number of carboxylic acid groups (broad SMARTS) is 1. The second-order valence-electron chi connectivity index (χ2n) is 7.72. The molecule has 0 aliphatic carbocycles. The number of nitrogens with zero attached hydrogens (tertiary/aromatic N) is 2. The molecule has 0 saturated carbocycles. The monoisotopic (exact) mass is 430 g/mol. The Balaban J connectivity index is 1.50. The quantitative estimate of drug-likeness (QED) is 0.366. The number of hydrogen-bond donors (Lipinski definition) is 3. The lowest BCUT2D eigenvalue weighted by molar-refractivity contribution is -0.137. The topological polar surface area (TPSA) is 112 Å². The number of benzene rings is 2. The smallest absolute Gasteiger partial charge is 0.326 e. The third kappa shape index (κ3) is 4.02. The Morgan fingerprint density at radius 2 is 1.75 bits per heavy atom. The van der Waals surface area contributed by atoms with Crippen molar-refractivity contribution in [2.75, 3.05) is 29.6 Å². The number of aromatic nitrogens is 1. The summed E-state index contributed by atoms with van der Waals surface area (Å²) in [5.41, 5.74) is 0.526. The van der Waals surface area contributed by atoms with E-state index in [0.717, 1.165) is 27.8 Å². The third-order valence-electron chi connectivity index (χ3n) is 5.28. The number of hydrogen-bond acceptors (Lipinski definition) is 7. The first-order valence-corrected chi connectivity index (χ1v) is 10.0. The zero-order valence-electron chi connectivity index (χ0n) is 17.6. The molecular formula is C24H22N4O4. The number of carbonyl (C=O) groups is 1. The number of nitrogens with one attached hydrogen (secondary N) is 2. The molecule has 162 valence electrons. The summed E-state index contributed by atoms with van der Waals surface area (Å²) >= 11 is 0. The van der Waals surface area contributed by atoms with Crippen LogP contribution < -0.4 is 26.4 Å². The molecule has 0 fully saturated rings. The molecule has 32 heavy (non-hydrogen) atoms. The minimum atomic E-state index is -1.11. The van der Waals surface area contributed by atoms with Gasteiger partial charge in [0.05, 0.1) is 0 Å². The average Bonchev–Trinajstić information content (AvgIpc) is 2.78. The molecule has 0 aliphatic heterocycles. The van der Waals surface area contributed by atoms with Gasteiger partial charge >= 0.3 is 5.97 Å². The molecule has 1 atom stereocenters. The first-order chi connectivity index (χ1) is 15.3. The lowest BCUT2D eigenvalue weighted by Crippen LogP contribution is -2.44. The SMILES string of the molecule is CN(C)c1c(N[C@@H](Cc2ccc(Nc3nccc4ccccc34)cc2)C(=O)O)c(=O)c1=O. The molecule has 0 radical (unpaired) electrons. The van der Waals surface area contributed by atoms with Crippen LogP contribution in [0.1, 0.15) is 5.56 Å². The van der Waals surface area contributed by atoms with E-state index >= 15 is 0 Å². The zero-order valence-corrected chi connectivity index (χ0v) is 17.6. The highest BCUT2D eigenvalue weighted by atomic mass is 16.4. The van der Waals surface area contributed by atoms with E-state index in [-0.39, 0.29) is 17.8 Å². The molecule has 0 unspecified atom stereocenters. The molecule has 3 N–H and O–H groups in total. The molecule has 1 aromatic heterocycles. The van der Waals surface area contributed by atoms with Gasteiger partial charge in [0, 0.05) is 37.8 Å². The number of aliphatic carboxylic acids is 1. The molecule has 3 aromatic carbocycles. The summed E-state index contributed by atoms with van der Waals surface area (Å²) in [5, 5.41) is 17.7. The van der Waals surface area contributed by atoms with Gasteiger partial charge in [-0.25, -0.2) is 9.78 Å². The Morgan fingerprint density at radius 1 is 1.03 bits per heavy atom. The van der Waals surface area contributed by atoms with Crippen molar-refractivity contribution in [3.05, 3.63) is 86.8 Å². The second kappa shape index (κ2) is 8.50. The van der Waals surface area contributed by atoms with E-state index in [2.05, 4.69) is 15.6 Å². The van der Waals surface area contributed by atoms with Crippen LogP contribution in [0, 0.1) is 0 Å². The van der Waals surface area contributed by atoms with Crippen molar-refractivity contribution >= 4 is 39.6 Å². The molecule has 4 aromatic rings. The van der Waals surface area contributed by atoms with Crippen LogP contribution in [0.15, 0.2) is 70.4 Å². The highest BCUT2D eigenvalue weighted by molar-refractivity contribution is 5.93. The molecule has 0 spiro atoms. The number of fused-ring (bicyclic) bond motifs is 1. The van der Waals surface area contributed by atoms with Crippen LogP contribution in [0.4, 0.5) is 22.9 Å². The van der Waals surface area contributed by atoms with Crippen LogP contribution in [-0.4, -0.2) is 36.2 Å². The Kier molecular flexibility index (Phi) is 5.59. The van der Waals surface area contributed by atoms with Gasteiger partial charge in [0.2, 0.25) is 0 Å².